The molecule has 1 aliphatic rings. The third kappa shape index (κ3) is 6.33. The highest BCUT2D eigenvalue weighted by molar-refractivity contribution is 5.89. The first-order valence-electron chi connectivity index (χ1n) is 14.4. The molecule has 0 unspecified atom stereocenters. The number of hydrogen-bond donors (Lipinski definition) is 4. The lowest BCUT2D eigenvalue weighted by atomic mass is 9.84. The zero-order chi connectivity index (χ0) is 30.1. The molecule has 4 bridgehead atoms. The molecule has 0 saturated carbocycles. The monoisotopic (exact) mass is 560 g/mol. The Labute approximate surface area is 248 Å². The summed E-state index contributed by atoms with van der Waals surface area (Å²) in [5.41, 5.74) is 7.95. The lowest BCUT2D eigenvalue weighted by molar-refractivity contribution is 0.466. The van der Waals surface area contributed by atoms with Crippen molar-refractivity contribution < 1.29 is 10.2 Å². The molecule has 4 aromatic rings. The fourth-order valence-corrected chi connectivity index (χ4v) is 4.90. The number of para-hydroxylation sites is 4. The summed E-state index contributed by atoms with van der Waals surface area (Å²) in [7, 11) is 0. The van der Waals surface area contributed by atoms with Gasteiger partial charge in [-0.05, 0) is 70.5 Å². The second kappa shape index (κ2) is 11.4. The number of nitrogens with one attached hydrogen (secondary N) is 2. The second-order valence-corrected chi connectivity index (χ2v) is 12.9. The molecule has 1 heterocycles. The molecule has 5 rings (SSSR count). The summed E-state index contributed by atoms with van der Waals surface area (Å²) in [5.74, 6) is 0.391. The second-order valence-electron chi connectivity index (χ2n) is 12.9. The van der Waals surface area contributed by atoms with E-state index < -0.39 is 0 Å². The summed E-state index contributed by atoms with van der Waals surface area (Å²) in [6.07, 6.45) is 3.46. The summed E-state index contributed by atoms with van der Waals surface area (Å²) < 4.78 is 0. The number of phenolic OH excluding ortho intramolecular Hbond substituents is 2. The Kier molecular flexibility index (Phi) is 7.83. The Morgan fingerprint density at radius 1 is 0.571 bits per heavy atom. The molecule has 42 heavy (non-hydrogen) atoms. The van der Waals surface area contributed by atoms with E-state index in [9.17, 15) is 10.2 Å². The van der Waals surface area contributed by atoms with Crippen molar-refractivity contribution >= 4 is 35.2 Å². The summed E-state index contributed by atoms with van der Waals surface area (Å²) in [5, 5.41) is 29.6. The number of fused-ring (bicyclic) bond motifs is 6. The van der Waals surface area contributed by atoms with E-state index in [4.69, 9.17) is 9.98 Å². The Bertz CT molecular complexity index is 1550. The number of benzene rings is 4. The maximum absolute atomic E-state index is 11.3. The zero-order valence-corrected chi connectivity index (χ0v) is 25.3. The number of rotatable bonds is 0. The molecule has 0 radical (unpaired) electrons. The highest BCUT2D eigenvalue weighted by atomic mass is 16.3. The molecule has 6 nitrogen and oxygen atoms in total. The van der Waals surface area contributed by atoms with Crippen LogP contribution in [0.2, 0.25) is 0 Å². The molecule has 0 aromatic heterocycles. The Morgan fingerprint density at radius 3 is 1.33 bits per heavy atom. The van der Waals surface area contributed by atoms with Crippen LogP contribution in [0.1, 0.15) is 74.9 Å². The van der Waals surface area contributed by atoms with Gasteiger partial charge in [0.05, 0.1) is 22.7 Å². The molecule has 4 N–H and O–H groups in total. The van der Waals surface area contributed by atoms with Crippen LogP contribution in [0.15, 0.2) is 82.8 Å². The Morgan fingerprint density at radius 2 is 0.952 bits per heavy atom. The summed E-state index contributed by atoms with van der Waals surface area (Å²) >= 11 is 0. The standard InChI is InChI=1S/C36H40N4O2/c1-35(2,3)27-15-23-19-37-29-11-7-9-13-31(29)39-21-25-17-28(36(4,5)6)18-26(34(25)42)22-40-32-14-10-8-12-30(32)38-20-24(16-27)33(23)41/h7-19,22,38-39,41-42H,20-21H2,1-6H3. The first-order valence-corrected chi connectivity index (χ1v) is 14.4. The van der Waals surface area contributed by atoms with Gasteiger partial charge in [-0.15, -0.1) is 0 Å². The van der Waals surface area contributed by atoms with Gasteiger partial charge < -0.3 is 20.8 Å². The summed E-state index contributed by atoms with van der Waals surface area (Å²) in [6.45, 7) is 13.8. The van der Waals surface area contributed by atoms with Gasteiger partial charge in [0.2, 0.25) is 0 Å². The van der Waals surface area contributed by atoms with Gasteiger partial charge in [0.15, 0.2) is 0 Å². The molecule has 0 atom stereocenters. The van der Waals surface area contributed by atoms with Gasteiger partial charge in [-0.3, -0.25) is 9.98 Å². The molecule has 0 amide bonds. The molecule has 0 aliphatic carbocycles. The zero-order valence-electron chi connectivity index (χ0n) is 25.3. The van der Waals surface area contributed by atoms with E-state index in [1.54, 1.807) is 12.4 Å². The van der Waals surface area contributed by atoms with Crippen LogP contribution in [-0.2, 0) is 23.9 Å². The SMILES string of the molecule is CC(C)(C)c1cc2c(O)c(c1)CNc1ccccc1N=Cc1cc(C(C)(C)C)cc(c1O)CNc1ccccc1N=C2. The Balaban J connectivity index is 1.68. The molecular formula is C36H40N4O2. The van der Waals surface area contributed by atoms with Crippen molar-refractivity contribution in [3.63, 3.8) is 0 Å². The fraction of sp³-hybridized carbons (Fsp3) is 0.278. The van der Waals surface area contributed by atoms with E-state index in [0.29, 0.717) is 24.2 Å². The highest BCUT2D eigenvalue weighted by Gasteiger charge is 2.20. The van der Waals surface area contributed by atoms with Crippen LogP contribution >= 0.6 is 0 Å². The average molecular weight is 561 g/mol. The van der Waals surface area contributed by atoms with Crippen LogP contribution in [-0.4, -0.2) is 22.6 Å². The molecule has 4 aromatic carbocycles. The van der Waals surface area contributed by atoms with Crippen molar-refractivity contribution in [2.75, 3.05) is 10.6 Å². The van der Waals surface area contributed by atoms with Crippen LogP contribution in [0.4, 0.5) is 22.7 Å². The molecular weight excluding hydrogens is 520 g/mol. The Hall–Kier alpha value is -4.58. The third-order valence-corrected chi connectivity index (χ3v) is 7.60. The van der Waals surface area contributed by atoms with Crippen LogP contribution in [0.3, 0.4) is 0 Å². The van der Waals surface area contributed by atoms with E-state index in [-0.39, 0.29) is 22.3 Å². The van der Waals surface area contributed by atoms with Gasteiger partial charge in [-0.2, -0.15) is 0 Å². The van der Waals surface area contributed by atoms with Gasteiger partial charge in [0.25, 0.3) is 0 Å². The minimum absolute atomic E-state index is 0.121. The lowest BCUT2D eigenvalue weighted by Crippen LogP contribution is -2.13. The van der Waals surface area contributed by atoms with Crippen LogP contribution < -0.4 is 10.6 Å². The number of aromatic hydroxyl groups is 2. The normalized spacial score (nSPS) is 13.7. The maximum Gasteiger partial charge on any atom is 0.129 e. The molecule has 216 valence electrons. The molecule has 1 aliphatic heterocycles. The topological polar surface area (TPSA) is 89.2 Å². The van der Waals surface area contributed by atoms with E-state index in [1.165, 1.54) is 0 Å². The van der Waals surface area contributed by atoms with E-state index >= 15 is 0 Å². The first kappa shape index (κ1) is 28.9. The van der Waals surface area contributed by atoms with Crippen molar-refractivity contribution in [2.45, 2.75) is 65.5 Å². The number of nitrogens with zero attached hydrogens (tertiary/aromatic N) is 2. The minimum atomic E-state index is -0.121. The smallest absolute Gasteiger partial charge is 0.129 e. The van der Waals surface area contributed by atoms with Gasteiger partial charge in [-0.1, -0.05) is 65.8 Å². The van der Waals surface area contributed by atoms with Gasteiger partial charge in [0.1, 0.15) is 11.5 Å². The largest absolute Gasteiger partial charge is 0.507 e. The number of phenols is 2. The van der Waals surface area contributed by atoms with Crippen molar-refractivity contribution in [1.82, 2.24) is 0 Å². The number of aliphatic imine (C=N–C) groups is 2. The molecule has 0 saturated heterocycles. The lowest BCUT2D eigenvalue weighted by Gasteiger charge is -2.22. The van der Waals surface area contributed by atoms with Crippen LogP contribution in [0.25, 0.3) is 0 Å². The number of anilines is 2. The van der Waals surface area contributed by atoms with Crippen molar-refractivity contribution in [3.05, 3.63) is 106 Å². The van der Waals surface area contributed by atoms with Gasteiger partial charge in [0, 0.05) is 47.8 Å². The van der Waals surface area contributed by atoms with Crippen LogP contribution in [0, 0.1) is 0 Å². The molecule has 0 fully saturated rings. The van der Waals surface area contributed by atoms with Crippen molar-refractivity contribution in [1.29, 1.82) is 0 Å². The number of hydrogen-bond acceptors (Lipinski definition) is 6. The predicted octanol–water partition coefficient (Wildman–Crippen LogP) is 8.73. The minimum Gasteiger partial charge on any atom is -0.507 e. The average Bonchev–Trinajstić information content (AvgIpc) is 2.94. The van der Waals surface area contributed by atoms with Gasteiger partial charge in [-0.25, -0.2) is 0 Å². The predicted molar refractivity (Wildman–Crippen MR) is 176 cm³/mol. The van der Waals surface area contributed by atoms with Crippen molar-refractivity contribution in [3.8, 4) is 11.5 Å². The summed E-state index contributed by atoms with van der Waals surface area (Å²) in [6, 6.07) is 23.7. The quantitative estimate of drug-likeness (QED) is 0.173. The molecule has 0 spiro atoms. The van der Waals surface area contributed by atoms with Crippen LogP contribution in [0.5, 0.6) is 11.5 Å². The maximum atomic E-state index is 11.3. The van der Waals surface area contributed by atoms with E-state index in [2.05, 4.69) is 64.3 Å². The van der Waals surface area contributed by atoms with Gasteiger partial charge >= 0.3 is 0 Å². The highest BCUT2D eigenvalue weighted by Crippen LogP contribution is 2.35. The summed E-state index contributed by atoms with van der Waals surface area (Å²) in [4.78, 5) is 9.61. The molecule has 6 heteroatoms. The van der Waals surface area contributed by atoms with Crippen molar-refractivity contribution in [2.24, 2.45) is 9.98 Å². The fourth-order valence-electron chi connectivity index (χ4n) is 4.90. The van der Waals surface area contributed by atoms with E-state index in [1.807, 2.05) is 60.7 Å². The third-order valence-electron chi connectivity index (χ3n) is 7.60. The first-order chi connectivity index (χ1) is 19.9. The van der Waals surface area contributed by atoms with E-state index in [0.717, 1.165) is 45.0 Å².